The Bertz CT molecular complexity index is 804. The number of rotatable bonds is 5. The Morgan fingerprint density at radius 1 is 1.09 bits per heavy atom. The molecule has 0 fully saturated rings. The molecule has 0 aliphatic heterocycles. The van der Waals surface area contributed by atoms with E-state index in [1.165, 1.54) is 0 Å². The zero-order chi connectivity index (χ0) is 16.2. The fraction of sp³-hybridized carbons (Fsp3) is 0.133. The number of aliphatic hydroxyl groups is 1. The van der Waals surface area contributed by atoms with Crippen LogP contribution in [0.3, 0.4) is 0 Å². The molecule has 0 amide bonds. The molecule has 0 aliphatic carbocycles. The molecule has 0 aliphatic rings. The number of aromatic nitrogens is 4. The molecule has 2 aromatic heterocycles. The molecule has 2 N–H and O–H groups in total. The van der Waals surface area contributed by atoms with E-state index in [1.54, 1.807) is 41.5 Å². The van der Waals surface area contributed by atoms with Gasteiger partial charge in [0.25, 0.3) is 0 Å². The normalized spacial score (nSPS) is 10.7. The number of anilines is 2. The van der Waals surface area contributed by atoms with Crippen LogP contribution in [0, 0.1) is 0 Å². The average molecular weight is 350 g/mol. The maximum Gasteiger partial charge on any atom is 0.227 e. The summed E-state index contributed by atoms with van der Waals surface area (Å²) >= 11 is 12.1. The molecule has 0 unspecified atom stereocenters. The van der Waals surface area contributed by atoms with Crippen LogP contribution in [0.1, 0.15) is 0 Å². The molecule has 0 radical (unpaired) electrons. The highest BCUT2D eigenvalue weighted by atomic mass is 35.5. The Morgan fingerprint density at radius 2 is 1.87 bits per heavy atom. The van der Waals surface area contributed by atoms with Crippen molar-refractivity contribution in [1.82, 2.24) is 19.7 Å². The van der Waals surface area contributed by atoms with Crippen molar-refractivity contribution >= 4 is 34.8 Å². The second kappa shape index (κ2) is 6.95. The van der Waals surface area contributed by atoms with Crippen molar-refractivity contribution in [3.8, 4) is 11.1 Å². The fourth-order valence-corrected chi connectivity index (χ4v) is 2.35. The number of hydrogen-bond donors (Lipinski definition) is 2. The monoisotopic (exact) mass is 349 g/mol. The Hall–Kier alpha value is -2.15. The van der Waals surface area contributed by atoms with E-state index >= 15 is 0 Å². The summed E-state index contributed by atoms with van der Waals surface area (Å²) in [7, 11) is 0. The molecule has 2 heterocycles. The Balaban J connectivity index is 1.77. The molecule has 3 rings (SSSR count). The first-order valence-electron chi connectivity index (χ1n) is 6.84. The third-order valence-electron chi connectivity index (χ3n) is 3.15. The Morgan fingerprint density at radius 3 is 2.61 bits per heavy atom. The molecule has 23 heavy (non-hydrogen) atoms. The van der Waals surface area contributed by atoms with E-state index in [0.717, 1.165) is 11.1 Å². The van der Waals surface area contributed by atoms with Gasteiger partial charge >= 0.3 is 0 Å². The van der Waals surface area contributed by atoms with E-state index in [0.29, 0.717) is 28.2 Å². The lowest BCUT2D eigenvalue weighted by Gasteiger charge is -2.07. The number of nitrogens with zero attached hydrogens (tertiary/aromatic N) is 4. The lowest BCUT2D eigenvalue weighted by molar-refractivity contribution is 0.269. The van der Waals surface area contributed by atoms with Crippen molar-refractivity contribution in [1.29, 1.82) is 0 Å². The largest absolute Gasteiger partial charge is 0.394 e. The summed E-state index contributed by atoms with van der Waals surface area (Å²) < 4.78 is 1.66. The summed E-state index contributed by atoms with van der Waals surface area (Å²) in [6.07, 6.45) is 6.91. The minimum Gasteiger partial charge on any atom is -0.394 e. The number of nitrogens with one attached hydrogen (secondary N) is 1. The Kier molecular flexibility index (Phi) is 4.76. The first-order chi connectivity index (χ1) is 11.2. The van der Waals surface area contributed by atoms with Gasteiger partial charge in [0.05, 0.1) is 35.1 Å². The number of hydrogen-bond acceptors (Lipinski definition) is 5. The molecule has 0 spiro atoms. The molecule has 0 bridgehead atoms. The van der Waals surface area contributed by atoms with E-state index in [9.17, 15) is 0 Å². The van der Waals surface area contributed by atoms with Crippen molar-refractivity contribution in [3.05, 3.63) is 53.0 Å². The van der Waals surface area contributed by atoms with Crippen LogP contribution in [0.25, 0.3) is 11.1 Å². The van der Waals surface area contributed by atoms with Crippen LogP contribution in [0.2, 0.25) is 10.0 Å². The molecular formula is C15H13Cl2N5O. The van der Waals surface area contributed by atoms with Gasteiger partial charge in [-0.25, -0.2) is 9.97 Å². The van der Waals surface area contributed by atoms with Crippen LogP contribution in [-0.2, 0) is 6.54 Å². The highest BCUT2D eigenvalue weighted by molar-refractivity contribution is 6.43. The lowest BCUT2D eigenvalue weighted by atomic mass is 10.2. The number of halogens is 2. The summed E-state index contributed by atoms with van der Waals surface area (Å²) in [6, 6.07) is 5.30. The zero-order valence-corrected chi connectivity index (χ0v) is 13.5. The minimum absolute atomic E-state index is 0.0425. The first-order valence-corrected chi connectivity index (χ1v) is 7.60. The highest BCUT2D eigenvalue weighted by Gasteiger charge is 2.07. The predicted octanol–water partition coefficient (Wildman–Crippen LogP) is 3.38. The van der Waals surface area contributed by atoms with Crippen LogP contribution < -0.4 is 5.32 Å². The molecule has 8 heteroatoms. The van der Waals surface area contributed by atoms with Crippen molar-refractivity contribution in [2.24, 2.45) is 0 Å². The van der Waals surface area contributed by atoms with E-state index in [2.05, 4.69) is 20.4 Å². The van der Waals surface area contributed by atoms with Crippen LogP contribution >= 0.6 is 23.2 Å². The predicted molar refractivity (Wildman–Crippen MR) is 90.1 cm³/mol. The minimum atomic E-state index is 0.0425. The molecule has 0 saturated heterocycles. The highest BCUT2D eigenvalue weighted by Crippen LogP contribution is 2.31. The van der Waals surface area contributed by atoms with Crippen LogP contribution in [-0.4, -0.2) is 31.5 Å². The summed E-state index contributed by atoms with van der Waals surface area (Å²) in [5.74, 6) is 0.417. The third kappa shape index (κ3) is 3.61. The second-order valence-corrected chi connectivity index (χ2v) is 5.52. The molecular weight excluding hydrogens is 337 g/mol. The second-order valence-electron chi connectivity index (χ2n) is 4.74. The van der Waals surface area contributed by atoms with E-state index < -0.39 is 0 Å². The van der Waals surface area contributed by atoms with Gasteiger partial charge in [-0.1, -0.05) is 29.3 Å². The molecule has 6 nitrogen and oxygen atoms in total. The van der Waals surface area contributed by atoms with Gasteiger partial charge in [0, 0.05) is 29.7 Å². The van der Waals surface area contributed by atoms with E-state index in [1.807, 2.05) is 6.20 Å². The van der Waals surface area contributed by atoms with Gasteiger partial charge in [-0.15, -0.1) is 0 Å². The summed E-state index contributed by atoms with van der Waals surface area (Å²) in [4.78, 5) is 8.53. The van der Waals surface area contributed by atoms with E-state index in [4.69, 9.17) is 28.3 Å². The standard InChI is InChI=1S/C15H13Cl2N5O/c16-12-2-1-3-13(14(12)17)21-15-18-6-10(7-19-15)11-8-20-22(9-11)4-5-23/h1-3,6-9,23H,4-5H2,(H,18,19,21). The smallest absolute Gasteiger partial charge is 0.227 e. The van der Waals surface area contributed by atoms with Crippen molar-refractivity contribution in [2.75, 3.05) is 11.9 Å². The van der Waals surface area contributed by atoms with Gasteiger partial charge in [-0.05, 0) is 12.1 Å². The van der Waals surface area contributed by atoms with Gasteiger partial charge in [0.1, 0.15) is 0 Å². The van der Waals surface area contributed by atoms with Gasteiger partial charge in [0.15, 0.2) is 0 Å². The Labute approximate surface area is 142 Å². The first kappa shape index (κ1) is 15.7. The average Bonchev–Trinajstić information content (AvgIpc) is 3.02. The fourth-order valence-electron chi connectivity index (χ4n) is 2.00. The van der Waals surface area contributed by atoms with Crippen LogP contribution in [0.5, 0.6) is 0 Å². The summed E-state index contributed by atoms with van der Waals surface area (Å²) in [5.41, 5.74) is 2.35. The quantitative estimate of drug-likeness (QED) is 0.738. The van der Waals surface area contributed by atoms with Gasteiger partial charge in [-0.2, -0.15) is 5.10 Å². The third-order valence-corrected chi connectivity index (χ3v) is 3.96. The zero-order valence-electron chi connectivity index (χ0n) is 11.9. The van der Waals surface area contributed by atoms with E-state index in [-0.39, 0.29) is 6.61 Å². The number of benzene rings is 1. The lowest BCUT2D eigenvalue weighted by Crippen LogP contribution is -2.01. The number of aliphatic hydroxyl groups excluding tert-OH is 1. The SMILES string of the molecule is OCCn1cc(-c2cnc(Nc3cccc(Cl)c3Cl)nc2)cn1. The molecule has 0 saturated carbocycles. The van der Waals surface area contributed by atoms with Crippen molar-refractivity contribution in [2.45, 2.75) is 6.54 Å². The van der Waals surface area contributed by atoms with Crippen LogP contribution in [0.15, 0.2) is 43.0 Å². The maximum absolute atomic E-state index is 8.90. The molecule has 1 aromatic carbocycles. The topological polar surface area (TPSA) is 75.9 Å². The van der Waals surface area contributed by atoms with Gasteiger partial charge < -0.3 is 10.4 Å². The van der Waals surface area contributed by atoms with Gasteiger partial charge in [0.2, 0.25) is 5.95 Å². The molecule has 118 valence electrons. The molecule has 3 aromatic rings. The van der Waals surface area contributed by atoms with Gasteiger partial charge in [-0.3, -0.25) is 4.68 Å². The van der Waals surface area contributed by atoms with Crippen molar-refractivity contribution < 1.29 is 5.11 Å². The summed E-state index contributed by atoms with van der Waals surface area (Å²) in [6.45, 7) is 0.495. The van der Waals surface area contributed by atoms with Crippen LogP contribution in [0.4, 0.5) is 11.6 Å². The molecule has 0 atom stereocenters. The van der Waals surface area contributed by atoms with Crippen molar-refractivity contribution in [3.63, 3.8) is 0 Å². The maximum atomic E-state index is 8.90. The summed E-state index contributed by atoms with van der Waals surface area (Å²) in [5, 5.41) is 17.0.